The average Bonchev–Trinajstić information content (AvgIpc) is 3.26. The summed E-state index contributed by atoms with van der Waals surface area (Å²) in [6, 6.07) is 13.6. The first-order valence-electron chi connectivity index (χ1n) is 8.45. The van der Waals surface area contributed by atoms with Gasteiger partial charge in [0, 0.05) is 30.4 Å². The molecule has 25 heavy (non-hydrogen) atoms. The van der Waals surface area contributed by atoms with Gasteiger partial charge in [-0.15, -0.1) is 0 Å². The summed E-state index contributed by atoms with van der Waals surface area (Å²) >= 11 is 0. The summed E-state index contributed by atoms with van der Waals surface area (Å²) < 4.78 is 1.63. The molecular weight excluding hydrogens is 312 g/mol. The van der Waals surface area contributed by atoms with Crippen LogP contribution in [0.5, 0.6) is 0 Å². The molecule has 5 heteroatoms. The minimum absolute atomic E-state index is 0.0209. The highest BCUT2D eigenvalue weighted by atomic mass is 16.2. The van der Waals surface area contributed by atoms with E-state index < -0.39 is 0 Å². The van der Waals surface area contributed by atoms with Crippen molar-refractivity contribution in [3.8, 4) is 11.8 Å². The minimum Gasteiger partial charge on any atom is -0.335 e. The zero-order chi connectivity index (χ0) is 17.2. The van der Waals surface area contributed by atoms with Crippen molar-refractivity contribution in [1.82, 2.24) is 19.5 Å². The lowest BCUT2D eigenvalue weighted by Crippen LogP contribution is -2.33. The van der Waals surface area contributed by atoms with Crippen molar-refractivity contribution in [2.24, 2.45) is 0 Å². The van der Waals surface area contributed by atoms with Gasteiger partial charge in [-0.2, -0.15) is 5.10 Å². The number of hydrogen-bond donors (Lipinski definition) is 0. The maximum absolute atomic E-state index is 12.6. The van der Waals surface area contributed by atoms with Crippen LogP contribution in [0, 0.1) is 11.8 Å². The number of nitrogens with zero attached hydrogens (tertiary/aromatic N) is 4. The first-order chi connectivity index (χ1) is 12.2. The van der Waals surface area contributed by atoms with Crippen LogP contribution in [0.2, 0.25) is 0 Å². The number of carbonyl (C=O) groups is 1. The highest BCUT2D eigenvalue weighted by Crippen LogP contribution is 2.19. The van der Waals surface area contributed by atoms with E-state index in [1.54, 1.807) is 16.8 Å². The fourth-order valence-corrected chi connectivity index (χ4v) is 3.09. The Kier molecular flexibility index (Phi) is 3.95. The molecule has 1 aliphatic heterocycles. The number of aromatic nitrogens is 3. The summed E-state index contributed by atoms with van der Waals surface area (Å²) in [6.45, 7) is 2.88. The van der Waals surface area contributed by atoms with Gasteiger partial charge in [0.15, 0.2) is 11.3 Å². The van der Waals surface area contributed by atoms with Gasteiger partial charge in [-0.05, 0) is 43.9 Å². The zero-order valence-electron chi connectivity index (χ0n) is 14.0. The predicted octanol–water partition coefficient (Wildman–Crippen LogP) is 2.75. The van der Waals surface area contributed by atoms with Gasteiger partial charge in [-0.25, -0.2) is 9.50 Å². The average molecular weight is 330 g/mol. The van der Waals surface area contributed by atoms with Crippen molar-refractivity contribution in [2.75, 3.05) is 6.54 Å². The Morgan fingerprint density at radius 1 is 1.20 bits per heavy atom. The lowest BCUT2D eigenvalue weighted by atomic mass is 10.2. The van der Waals surface area contributed by atoms with E-state index in [9.17, 15) is 4.79 Å². The quantitative estimate of drug-likeness (QED) is 0.645. The van der Waals surface area contributed by atoms with E-state index in [-0.39, 0.29) is 11.9 Å². The molecule has 124 valence electrons. The highest BCUT2D eigenvalue weighted by molar-refractivity contribution is 5.93. The summed E-state index contributed by atoms with van der Waals surface area (Å²) in [5.74, 6) is 6.12. The summed E-state index contributed by atoms with van der Waals surface area (Å²) in [7, 11) is 0. The highest BCUT2D eigenvalue weighted by Gasteiger charge is 2.27. The van der Waals surface area contributed by atoms with Crippen molar-refractivity contribution < 1.29 is 4.79 Å². The second-order valence-corrected chi connectivity index (χ2v) is 6.25. The molecule has 5 nitrogen and oxygen atoms in total. The third-order valence-electron chi connectivity index (χ3n) is 4.47. The van der Waals surface area contributed by atoms with E-state index in [0.29, 0.717) is 17.0 Å². The standard InChI is InChI=1S/C20H18N4O/c1-15-6-5-12-23(15)20(25)18-14-19-21-17(11-13-24(19)22-18)10-9-16-7-3-2-4-8-16/h2-4,7-8,11,13-15H,5-6,12H2,1H3. The number of hydrogen-bond acceptors (Lipinski definition) is 3. The Balaban J connectivity index is 1.61. The van der Waals surface area contributed by atoms with Crippen molar-refractivity contribution in [2.45, 2.75) is 25.8 Å². The van der Waals surface area contributed by atoms with Crippen LogP contribution in [-0.2, 0) is 0 Å². The molecule has 3 aromatic rings. The van der Waals surface area contributed by atoms with Gasteiger partial charge in [0.1, 0.15) is 5.69 Å². The molecule has 1 amide bonds. The van der Waals surface area contributed by atoms with E-state index in [2.05, 4.69) is 28.8 Å². The third kappa shape index (κ3) is 3.11. The Morgan fingerprint density at radius 2 is 2.04 bits per heavy atom. The van der Waals surface area contributed by atoms with Gasteiger partial charge in [0.2, 0.25) is 0 Å². The van der Waals surface area contributed by atoms with E-state index in [1.807, 2.05) is 41.3 Å². The van der Waals surface area contributed by atoms with Crippen molar-refractivity contribution in [3.63, 3.8) is 0 Å². The number of fused-ring (bicyclic) bond motifs is 1. The number of likely N-dealkylation sites (tertiary alicyclic amines) is 1. The number of amides is 1. The molecule has 1 fully saturated rings. The smallest absolute Gasteiger partial charge is 0.274 e. The molecule has 1 aliphatic rings. The van der Waals surface area contributed by atoms with Gasteiger partial charge in [0.05, 0.1) is 0 Å². The third-order valence-corrected chi connectivity index (χ3v) is 4.47. The lowest BCUT2D eigenvalue weighted by Gasteiger charge is -2.19. The van der Waals surface area contributed by atoms with E-state index in [1.165, 1.54) is 0 Å². The monoisotopic (exact) mass is 330 g/mol. The molecule has 1 unspecified atom stereocenters. The first-order valence-corrected chi connectivity index (χ1v) is 8.45. The Morgan fingerprint density at radius 3 is 2.80 bits per heavy atom. The molecule has 4 rings (SSSR count). The van der Waals surface area contributed by atoms with Gasteiger partial charge in [-0.3, -0.25) is 4.79 Å². The van der Waals surface area contributed by atoms with Gasteiger partial charge < -0.3 is 4.90 Å². The number of benzene rings is 1. The molecule has 1 atom stereocenters. The molecule has 0 N–H and O–H groups in total. The van der Waals surface area contributed by atoms with Crippen LogP contribution < -0.4 is 0 Å². The van der Waals surface area contributed by atoms with Crippen LogP contribution in [0.25, 0.3) is 5.65 Å². The van der Waals surface area contributed by atoms with Crippen LogP contribution in [0.15, 0.2) is 48.7 Å². The van der Waals surface area contributed by atoms with Gasteiger partial charge in [0.25, 0.3) is 5.91 Å². The predicted molar refractivity (Wildman–Crippen MR) is 95.1 cm³/mol. The Bertz CT molecular complexity index is 981. The molecule has 0 aliphatic carbocycles. The molecule has 1 saturated heterocycles. The van der Waals surface area contributed by atoms with E-state index in [4.69, 9.17) is 0 Å². The van der Waals surface area contributed by atoms with E-state index >= 15 is 0 Å². The second-order valence-electron chi connectivity index (χ2n) is 6.25. The summed E-state index contributed by atoms with van der Waals surface area (Å²) in [6.07, 6.45) is 3.90. The van der Waals surface area contributed by atoms with Gasteiger partial charge >= 0.3 is 0 Å². The van der Waals surface area contributed by atoms with Crippen LogP contribution in [-0.4, -0.2) is 38.0 Å². The molecule has 1 aromatic carbocycles. The fourth-order valence-electron chi connectivity index (χ4n) is 3.09. The fraction of sp³-hybridized carbons (Fsp3) is 0.250. The molecule has 2 aromatic heterocycles. The second kappa shape index (κ2) is 6.40. The summed E-state index contributed by atoms with van der Waals surface area (Å²) in [5.41, 5.74) is 2.67. The lowest BCUT2D eigenvalue weighted by molar-refractivity contribution is 0.0741. The van der Waals surface area contributed by atoms with Crippen LogP contribution >= 0.6 is 0 Å². The maximum atomic E-state index is 12.6. The van der Waals surface area contributed by atoms with Crippen LogP contribution in [0.1, 0.15) is 41.5 Å². The molecule has 0 spiro atoms. The van der Waals surface area contributed by atoms with E-state index in [0.717, 1.165) is 24.9 Å². The summed E-state index contributed by atoms with van der Waals surface area (Å²) in [4.78, 5) is 19.0. The Hall–Kier alpha value is -3.13. The van der Waals surface area contributed by atoms with Crippen molar-refractivity contribution >= 4 is 11.6 Å². The topological polar surface area (TPSA) is 50.5 Å². The normalized spacial score (nSPS) is 16.7. The number of rotatable bonds is 1. The van der Waals surface area contributed by atoms with Crippen molar-refractivity contribution in [3.05, 3.63) is 65.6 Å². The van der Waals surface area contributed by atoms with Crippen LogP contribution in [0.3, 0.4) is 0 Å². The van der Waals surface area contributed by atoms with Gasteiger partial charge in [-0.1, -0.05) is 24.1 Å². The SMILES string of the molecule is CC1CCCN1C(=O)c1cc2nc(C#Cc3ccccc3)ccn2n1. The molecular formula is C20H18N4O. The Labute approximate surface area is 146 Å². The largest absolute Gasteiger partial charge is 0.335 e. The zero-order valence-corrected chi connectivity index (χ0v) is 14.0. The molecule has 0 saturated carbocycles. The first kappa shape index (κ1) is 15.4. The molecule has 0 bridgehead atoms. The molecule has 0 radical (unpaired) electrons. The van der Waals surface area contributed by atoms with Crippen molar-refractivity contribution in [1.29, 1.82) is 0 Å². The maximum Gasteiger partial charge on any atom is 0.274 e. The number of carbonyl (C=O) groups excluding carboxylic acids is 1. The van der Waals surface area contributed by atoms with Crippen LogP contribution in [0.4, 0.5) is 0 Å². The molecule has 3 heterocycles. The minimum atomic E-state index is -0.0209. The summed E-state index contributed by atoms with van der Waals surface area (Å²) in [5, 5.41) is 4.37.